The number of thiophene rings is 1. The zero-order chi connectivity index (χ0) is 16.4. The van der Waals surface area contributed by atoms with Crippen LogP contribution >= 0.6 is 22.9 Å². The third kappa shape index (κ3) is 3.48. The van der Waals surface area contributed by atoms with Gasteiger partial charge in [-0.3, -0.25) is 0 Å². The summed E-state index contributed by atoms with van der Waals surface area (Å²) < 4.78 is 28.0. The molecule has 0 bridgehead atoms. The molecule has 2 heterocycles. The Kier molecular flexibility index (Phi) is 5.11. The Hall–Kier alpha value is -0.880. The number of aryl methyl sites for hydroxylation is 1. The van der Waals surface area contributed by atoms with Gasteiger partial charge in [0.25, 0.3) is 0 Å². The van der Waals surface area contributed by atoms with Crippen molar-refractivity contribution in [2.45, 2.75) is 43.5 Å². The van der Waals surface area contributed by atoms with Crippen LogP contribution in [-0.4, -0.2) is 19.3 Å². The largest absolute Gasteiger partial charge is 0.243 e. The van der Waals surface area contributed by atoms with E-state index in [0.717, 1.165) is 30.6 Å². The summed E-state index contributed by atoms with van der Waals surface area (Å²) in [6.45, 7) is 2.62. The third-order valence-corrected chi connectivity index (χ3v) is 7.57. The average molecular weight is 370 g/mol. The molecule has 23 heavy (non-hydrogen) atoms. The number of hydrogen-bond acceptors (Lipinski definition) is 3. The van der Waals surface area contributed by atoms with Crippen molar-refractivity contribution in [2.75, 3.05) is 6.54 Å². The molecule has 0 radical (unpaired) electrons. The maximum absolute atomic E-state index is 13.2. The van der Waals surface area contributed by atoms with Gasteiger partial charge in [-0.05, 0) is 55.0 Å². The Morgan fingerprint density at radius 2 is 2.04 bits per heavy atom. The van der Waals surface area contributed by atoms with Crippen LogP contribution in [0.25, 0.3) is 0 Å². The lowest BCUT2D eigenvalue weighted by atomic mass is 10.1. The van der Waals surface area contributed by atoms with Gasteiger partial charge in [0.15, 0.2) is 0 Å². The molecule has 0 spiro atoms. The van der Waals surface area contributed by atoms with Crippen molar-refractivity contribution >= 4 is 33.0 Å². The number of rotatable bonds is 3. The molecule has 6 heteroatoms. The van der Waals surface area contributed by atoms with E-state index in [1.54, 1.807) is 39.9 Å². The van der Waals surface area contributed by atoms with Crippen LogP contribution in [-0.2, 0) is 10.0 Å². The summed E-state index contributed by atoms with van der Waals surface area (Å²) in [7, 11) is -3.54. The van der Waals surface area contributed by atoms with Crippen molar-refractivity contribution in [1.82, 2.24) is 4.31 Å². The molecule has 124 valence electrons. The second-order valence-electron chi connectivity index (χ2n) is 5.91. The third-order valence-electron chi connectivity index (χ3n) is 4.31. The van der Waals surface area contributed by atoms with Gasteiger partial charge in [0, 0.05) is 16.4 Å². The molecule has 0 saturated carbocycles. The molecule has 3 rings (SSSR count). The Labute approximate surface area is 147 Å². The molecule has 1 aliphatic heterocycles. The van der Waals surface area contributed by atoms with Gasteiger partial charge in [-0.2, -0.15) is 4.31 Å². The van der Waals surface area contributed by atoms with E-state index in [2.05, 4.69) is 13.0 Å². The topological polar surface area (TPSA) is 37.4 Å². The molecule has 2 aromatic rings. The minimum Gasteiger partial charge on any atom is -0.207 e. The first-order valence-electron chi connectivity index (χ1n) is 7.81. The van der Waals surface area contributed by atoms with Gasteiger partial charge in [0.1, 0.15) is 0 Å². The van der Waals surface area contributed by atoms with Crippen LogP contribution in [0.5, 0.6) is 0 Å². The van der Waals surface area contributed by atoms with E-state index in [-0.39, 0.29) is 10.9 Å². The van der Waals surface area contributed by atoms with E-state index in [1.165, 1.54) is 5.56 Å². The van der Waals surface area contributed by atoms with Crippen molar-refractivity contribution < 1.29 is 8.42 Å². The van der Waals surface area contributed by atoms with Crippen LogP contribution in [0.4, 0.5) is 0 Å². The van der Waals surface area contributed by atoms with E-state index in [4.69, 9.17) is 11.6 Å². The van der Waals surface area contributed by atoms with E-state index >= 15 is 0 Å². The summed E-state index contributed by atoms with van der Waals surface area (Å²) in [6, 6.07) is 8.56. The van der Waals surface area contributed by atoms with Crippen molar-refractivity contribution in [3.05, 3.63) is 51.2 Å². The Balaban J connectivity index is 2.04. The molecular weight excluding hydrogens is 350 g/mol. The van der Waals surface area contributed by atoms with Crippen LogP contribution in [0.1, 0.15) is 42.2 Å². The molecule has 1 aromatic carbocycles. The zero-order valence-electron chi connectivity index (χ0n) is 13.0. The minimum absolute atomic E-state index is 0.0681. The van der Waals surface area contributed by atoms with E-state index in [9.17, 15) is 8.42 Å². The van der Waals surface area contributed by atoms with Gasteiger partial charge in [-0.25, -0.2) is 8.42 Å². The number of hydrogen-bond donors (Lipinski definition) is 0. The summed E-state index contributed by atoms with van der Waals surface area (Å²) >= 11 is 7.65. The van der Waals surface area contributed by atoms with Gasteiger partial charge in [0.05, 0.1) is 10.9 Å². The summed E-state index contributed by atoms with van der Waals surface area (Å²) in [5.41, 5.74) is 1.17. The Morgan fingerprint density at radius 3 is 2.74 bits per heavy atom. The SMILES string of the molecule is Cc1ccsc1[C@H]1CCCCCN1S(=O)(=O)c1cccc(Cl)c1. The molecule has 1 aliphatic rings. The predicted octanol–water partition coefficient (Wildman–Crippen LogP) is 5.02. The molecule has 3 nitrogen and oxygen atoms in total. The van der Waals surface area contributed by atoms with Crippen LogP contribution in [0, 0.1) is 6.92 Å². The number of nitrogens with zero attached hydrogens (tertiary/aromatic N) is 1. The molecule has 1 atom stereocenters. The summed E-state index contributed by atoms with van der Waals surface area (Å²) in [4.78, 5) is 1.45. The second kappa shape index (κ2) is 6.93. The molecule has 1 saturated heterocycles. The summed E-state index contributed by atoms with van der Waals surface area (Å²) in [5.74, 6) is 0. The summed E-state index contributed by atoms with van der Waals surface area (Å²) in [5, 5.41) is 2.49. The second-order valence-corrected chi connectivity index (χ2v) is 9.18. The highest BCUT2D eigenvalue weighted by Crippen LogP contribution is 2.38. The van der Waals surface area contributed by atoms with E-state index in [1.807, 2.05) is 5.38 Å². The fourth-order valence-electron chi connectivity index (χ4n) is 3.12. The van der Waals surface area contributed by atoms with Crippen molar-refractivity contribution in [3.63, 3.8) is 0 Å². The Morgan fingerprint density at radius 1 is 1.22 bits per heavy atom. The lowest BCUT2D eigenvalue weighted by Crippen LogP contribution is -2.34. The highest BCUT2D eigenvalue weighted by atomic mass is 35.5. The van der Waals surface area contributed by atoms with Gasteiger partial charge in [-0.15, -0.1) is 11.3 Å². The van der Waals surface area contributed by atoms with Crippen molar-refractivity contribution in [3.8, 4) is 0 Å². The van der Waals surface area contributed by atoms with E-state index < -0.39 is 10.0 Å². The number of benzene rings is 1. The monoisotopic (exact) mass is 369 g/mol. The molecule has 1 aromatic heterocycles. The fraction of sp³-hybridized carbons (Fsp3) is 0.412. The lowest BCUT2D eigenvalue weighted by molar-refractivity contribution is 0.332. The van der Waals surface area contributed by atoms with Crippen LogP contribution in [0.15, 0.2) is 40.6 Å². The summed E-state index contributed by atoms with van der Waals surface area (Å²) in [6.07, 6.45) is 3.91. The van der Waals surface area contributed by atoms with Gasteiger partial charge in [-0.1, -0.05) is 30.5 Å². The van der Waals surface area contributed by atoms with Gasteiger partial charge >= 0.3 is 0 Å². The molecule has 0 aliphatic carbocycles. The van der Waals surface area contributed by atoms with Gasteiger partial charge < -0.3 is 0 Å². The molecule has 0 N–H and O–H groups in total. The molecular formula is C17H20ClNO2S2. The minimum atomic E-state index is -3.54. The molecule has 1 fully saturated rings. The normalized spacial score (nSPS) is 20.3. The highest BCUT2D eigenvalue weighted by Gasteiger charge is 2.34. The highest BCUT2D eigenvalue weighted by molar-refractivity contribution is 7.89. The first-order chi connectivity index (χ1) is 11.0. The number of sulfonamides is 1. The molecule has 0 unspecified atom stereocenters. The van der Waals surface area contributed by atoms with E-state index in [0.29, 0.717) is 11.6 Å². The Bertz CT molecular complexity index is 785. The number of halogens is 1. The quantitative estimate of drug-likeness (QED) is 0.762. The van der Waals surface area contributed by atoms with Crippen LogP contribution in [0.3, 0.4) is 0 Å². The standard InChI is InChI=1S/C17H20ClNO2S2/c1-13-9-11-22-17(13)16-8-3-2-4-10-19(16)23(20,21)15-7-5-6-14(18)12-15/h5-7,9,11-12,16H,2-4,8,10H2,1H3/t16-/m1/s1. The first-order valence-corrected chi connectivity index (χ1v) is 10.5. The zero-order valence-corrected chi connectivity index (χ0v) is 15.4. The maximum Gasteiger partial charge on any atom is 0.243 e. The fourth-order valence-corrected chi connectivity index (χ4v) is 6.23. The lowest BCUT2D eigenvalue weighted by Gasteiger charge is -2.29. The van der Waals surface area contributed by atoms with Gasteiger partial charge in [0.2, 0.25) is 10.0 Å². The van der Waals surface area contributed by atoms with Crippen molar-refractivity contribution in [2.24, 2.45) is 0 Å². The van der Waals surface area contributed by atoms with Crippen molar-refractivity contribution in [1.29, 1.82) is 0 Å². The van der Waals surface area contributed by atoms with Crippen LogP contribution < -0.4 is 0 Å². The average Bonchev–Trinajstić information content (AvgIpc) is 2.80. The first kappa shape index (κ1) is 17.0. The predicted molar refractivity (Wildman–Crippen MR) is 95.6 cm³/mol. The smallest absolute Gasteiger partial charge is 0.207 e. The van der Waals surface area contributed by atoms with Crippen LogP contribution in [0.2, 0.25) is 5.02 Å². The molecule has 0 amide bonds. The maximum atomic E-state index is 13.2.